The van der Waals surface area contributed by atoms with Crippen molar-refractivity contribution in [3.8, 4) is 0 Å². The Bertz CT molecular complexity index is 86.7. The van der Waals surface area contributed by atoms with Gasteiger partial charge in [-0.25, -0.2) is 0 Å². The van der Waals surface area contributed by atoms with E-state index in [9.17, 15) is 0 Å². The number of allylic oxidation sites excluding steroid dienone is 1. The molecule has 1 unspecified atom stereocenters. The molecule has 0 fully saturated rings. The predicted molar refractivity (Wildman–Crippen MR) is 44.9 cm³/mol. The van der Waals surface area contributed by atoms with E-state index in [1.54, 1.807) is 0 Å². The highest BCUT2D eigenvalue weighted by Crippen LogP contribution is 1.99. The maximum Gasteiger partial charge on any atom is 0.0491 e. The average Bonchev–Trinajstić information content (AvgIpc) is 1.98. The number of rotatable bonds is 5. The van der Waals surface area contributed by atoms with E-state index in [0.717, 1.165) is 6.42 Å². The lowest BCUT2D eigenvalue weighted by Gasteiger charge is -1.97. The van der Waals surface area contributed by atoms with E-state index in [1.165, 1.54) is 12.8 Å². The molecular formula is C9H18O. The molecule has 0 amide bonds. The van der Waals surface area contributed by atoms with Crippen LogP contribution in [0.15, 0.2) is 12.2 Å². The summed E-state index contributed by atoms with van der Waals surface area (Å²) < 4.78 is 0. The zero-order valence-corrected chi connectivity index (χ0v) is 7.01. The molecule has 10 heavy (non-hydrogen) atoms. The lowest BCUT2D eigenvalue weighted by Crippen LogP contribution is -1.94. The number of aliphatic hydroxyl groups excluding tert-OH is 1. The lowest BCUT2D eigenvalue weighted by molar-refractivity contribution is 0.262. The number of hydrogen-bond acceptors (Lipinski definition) is 1. The van der Waals surface area contributed by atoms with Crippen molar-refractivity contribution >= 4 is 0 Å². The monoisotopic (exact) mass is 142 g/mol. The third kappa shape index (κ3) is 5.83. The fourth-order valence-corrected chi connectivity index (χ4v) is 0.711. The minimum absolute atomic E-state index is 0.266. The largest absolute Gasteiger partial charge is 0.396 e. The second-order valence-corrected chi connectivity index (χ2v) is 2.73. The molecule has 0 rings (SSSR count). The Balaban J connectivity index is 3.18. The molecule has 1 N–H and O–H groups in total. The molecule has 0 heterocycles. The standard InChI is InChI=1S/C9H18O/c1-3-4-5-6-7-9(2)8-10/h6-7,9-10H,3-5,8H2,1-2H3. The first-order valence-corrected chi connectivity index (χ1v) is 4.08. The van der Waals surface area contributed by atoms with E-state index in [0.29, 0.717) is 5.92 Å². The summed E-state index contributed by atoms with van der Waals surface area (Å²) in [5.74, 6) is 0.330. The van der Waals surface area contributed by atoms with Gasteiger partial charge in [-0.05, 0) is 12.3 Å². The minimum Gasteiger partial charge on any atom is -0.396 e. The van der Waals surface area contributed by atoms with Crippen LogP contribution in [0, 0.1) is 5.92 Å². The molecule has 60 valence electrons. The number of aliphatic hydroxyl groups is 1. The molecule has 1 atom stereocenters. The van der Waals surface area contributed by atoms with E-state index >= 15 is 0 Å². The van der Waals surface area contributed by atoms with Gasteiger partial charge >= 0.3 is 0 Å². The van der Waals surface area contributed by atoms with Crippen molar-refractivity contribution in [1.29, 1.82) is 0 Å². The molecule has 1 heteroatoms. The zero-order valence-electron chi connectivity index (χ0n) is 7.01. The predicted octanol–water partition coefficient (Wildman–Crippen LogP) is 2.36. The number of unbranched alkanes of at least 4 members (excludes halogenated alkanes) is 2. The van der Waals surface area contributed by atoms with Crippen LogP contribution in [-0.4, -0.2) is 11.7 Å². The Morgan fingerprint density at radius 2 is 2.20 bits per heavy atom. The summed E-state index contributed by atoms with van der Waals surface area (Å²) in [6, 6.07) is 0. The summed E-state index contributed by atoms with van der Waals surface area (Å²) in [6.07, 6.45) is 7.90. The van der Waals surface area contributed by atoms with Crippen molar-refractivity contribution in [1.82, 2.24) is 0 Å². The van der Waals surface area contributed by atoms with Gasteiger partial charge in [0, 0.05) is 6.61 Å². The molecule has 0 saturated heterocycles. The summed E-state index contributed by atoms with van der Waals surface area (Å²) in [4.78, 5) is 0. The molecule has 1 nitrogen and oxygen atoms in total. The van der Waals surface area contributed by atoms with Gasteiger partial charge in [-0.2, -0.15) is 0 Å². The minimum atomic E-state index is 0.266. The second kappa shape index (κ2) is 6.81. The van der Waals surface area contributed by atoms with Crippen LogP contribution >= 0.6 is 0 Å². The maximum absolute atomic E-state index is 8.64. The van der Waals surface area contributed by atoms with E-state index in [2.05, 4.69) is 19.1 Å². The zero-order chi connectivity index (χ0) is 7.82. The highest BCUT2D eigenvalue weighted by Gasteiger charge is 1.89. The fraction of sp³-hybridized carbons (Fsp3) is 0.778. The Morgan fingerprint density at radius 3 is 2.70 bits per heavy atom. The van der Waals surface area contributed by atoms with E-state index < -0.39 is 0 Å². The highest BCUT2D eigenvalue weighted by molar-refractivity contribution is 4.85. The molecule has 0 aliphatic rings. The summed E-state index contributed by atoms with van der Waals surface area (Å²) in [5, 5.41) is 8.64. The van der Waals surface area contributed by atoms with Crippen molar-refractivity contribution in [2.75, 3.05) is 6.61 Å². The van der Waals surface area contributed by atoms with Gasteiger partial charge in [-0.3, -0.25) is 0 Å². The van der Waals surface area contributed by atoms with Crippen LogP contribution in [0.1, 0.15) is 33.1 Å². The molecule has 0 aromatic heterocycles. The van der Waals surface area contributed by atoms with Gasteiger partial charge in [0.2, 0.25) is 0 Å². The van der Waals surface area contributed by atoms with Gasteiger partial charge in [-0.15, -0.1) is 0 Å². The van der Waals surface area contributed by atoms with E-state index in [1.807, 2.05) is 6.92 Å². The summed E-state index contributed by atoms with van der Waals surface area (Å²) >= 11 is 0. The van der Waals surface area contributed by atoms with Crippen molar-refractivity contribution in [3.05, 3.63) is 12.2 Å². The van der Waals surface area contributed by atoms with Gasteiger partial charge < -0.3 is 5.11 Å². The average molecular weight is 142 g/mol. The van der Waals surface area contributed by atoms with Crippen molar-refractivity contribution in [2.45, 2.75) is 33.1 Å². The Kier molecular flexibility index (Phi) is 6.61. The maximum atomic E-state index is 8.64. The van der Waals surface area contributed by atoms with Gasteiger partial charge in [0.05, 0.1) is 0 Å². The normalized spacial score (nSPS) is 14.3. The molecule has 0 aromatic carbocycles. The smallest absolute Gasteiger partial charge is 0.0491 e. The fourth-order valence-electron chi connectivity index (χ4n) is 0.711. The summed E-state index contributed by atoms with van der Waals surface area (Å²) in [6.45, 7) is 4.47. The summed E-state index contributed by atoms with van der Waals surface area (Å²) in [5.41, 5.74) is 0. The molecule has 0 radical (unpaired) electrons. The van der Waals surface area contributed by atoms with Crippen LogP contribution in [0.25, 0.3) is 0 Å². The van der Waals surface area contributed by atoms with Crippen LogP contribution in [-0.2, 0) is 0 Å². The van der Waals surface area contributed by atoms with Crippen LogP contribution in [0.4, 0.5) is 0 Å². The molecule has 0 aliphatic heterocycles. The Hall–Kier alpha value is -0.300. The van der Waals surface area contributed by atoms with Gasteiger partial charge in [0.1, 0.15) is 0 Å². The SMILES string of the molecule is CCCCC=CC(C)CO. The Labute approximate surface area is 63.8 Å². The molecular weight excluding hydrogens is 124 g/mol. The van der Waals surface area contributed by atoms with Gasteiger partial charge in [0.15, 0.2) is 0 Å². The molecule has 0 bridgehead atoms. The lowest BCUT2D eigenvalue weighted by atomic mass is 10.1. The van der Waals surface area contributed by atoms with Crippen LogP contribution in [0.5, 0.6) is 0 Å². The third-order valence-electron chi connectivity index (χ3n) is 1.48. The van der Waals surface area contributed by atoms with E-state index in [-0.39, 0.29) is 6.61 Å². The quantitative estimate of drug-likeness (QED) is 0.461. The van der Waals surface area contributed by atoms with Crippen molar-refractivity contribution < 1.29 is 5.11 Å². The first-order chi connectivity index (χ1) is 4.81. The van der Waals surface area contributed by atoms with Crippen molar-refractivity contribution in [2.24, 2.45) is 5.92 Å². The third-order valence-corrected chi connectivity index (χ3v) is 1.48. The van der Waals surface area contributed by atoms with Crippen LogP contribution in [0.2, 0.25) is 0 Å². The number of hydrogen-bond donors (Lipinski definition) is 1. The first-order valence-electron chi connectivity index (χ1n) is 4.08. The topological polar surface area (TPSA) is 20.2 Å². The first kappa shape index (κ1) is 9.70. The Morgan fingerprint density at radius 1 is 1.50 bits per heavy atom. The highest BCUT2D eigenvalue weighted by atomic mass is 16.3. The summed E-state index contributed by atoms with van der Waals surface area (Å²) in [7, 11) is 0. The second-order valence-electron chi connectivity index (χ2n) is 2.73. The van der Waals surface area contributed by atoms with Crippen LogP contribution in [0.3, 0.4) is 0 Å². The molecule has 0 spiro atoms. The molecule has 0 aromatic rings. The van der Waals surface area contributed by atoms with Gasteiger partial charge in [0.25, 0.3) is 0 Å². The molecule has 0 aliphatic carbocycles. The van der Waals surface area contributed by atoms with Crippen molar-refractivity contribution in [3.63, 3.8) is 0 Å². The van der Waals surface area contributed by atoms with Gasteiger partial charge in [-0.1, -0.05) is 38.8 Å². The van der Waals surface area contributed by atoms with Crippen LogP contribution < -0.4 is 0 Å². The molecule has 0 saturated carbocycles. The van der Waals surface area contributed by atoms with E-state index in [4.69, 9.17) is 5.11 Å².